The third kappa shape index (κ3) is 4.55. The topological polar surface area (TPSA) is 67.2 Å². The second-order valence-electron chi connectivity index (χ2n) is 7.97. The van der Waals surface area contributed by atoms with Crippen LogP contribution in [0.3, 0.4) is 0 Å². The van der Waals surface area contributed by atoms with E-state index in [1.807, 2.05) is 30.1 Å². The van der Waals surface area contributed by atoms with Crippen molar-refractivity contribution >= 4 is 5.96 Å². The summed E-state index contributed by atoms with van der Waals surface area (Å²) in [6, 6.07) is 16.6. The van der Waals surface area contributed by atoms with Crippen LogP contribution in [0.25, 0.3) is 5.69 Å². The van der Waals surface area contributed by atoms with Gasteiger partial charge in [-0.15, -0.1) is 0 Å². The minimum Gasteiger partial charge on any atom is -0.454 e. The minimum absolute atomic E-state index is 0.318. The number of hydrogen-bond donors (Lipinski definition) is 1. The Labute approximate surface area is 188 Å². The molecule has 8 heteroatoms. The van der Waals surface area contributed by atoms with Crippen molar-refractivity contribution in [3.05, 3.63) is 72.1 Å². The van der Waals surface area contributed by atoms with E-state index in [9.17, 15) is 0 Å². The molecular weight excluding hydrogens is 404 g/mol. The Balaban J connectivity index is 1.11. The molecule has 1 fully saturated rings. The van der Waals surface area contributed by atoms with E-state index in [2.05, 4.69) is 61.6 Å². The summed E-state index contributed by atoms with van der Waals surface area (Å²) in [6.07, 6.45) is 3.73. The quantitative estimate of drug-likeness (QED) is 0.494. The molecule has 0 unspecified atom stereocenters. The molecular formula is C24H28N6O2. The van der Waals surface area contributed by atoms with Crippen molar-refractivity contribution in [3.8, 4) is 17.2 Å². The Morgan fingerprint density at radius 2 is 1.78 bits per heavy atom. The Morgan fingerprint density at radius 3 is 2.53 bits per heavy atom. The molecule has 0 amide bonds. The van der Waals surface area contributed by atoms with E-state index >= 15 is 0 Å². The number of aromatic nitrogens is 2. The molecule has 1 N–H and O–H groups in total. The smallest absolute Gasteiger partial charge is 0.231 e. The number of guanidine groups is 1. The van der Waals surface area contributed by atoms with Gasteiger partial charge < -0.3 is 19.7 Å². The molecule has 1 aromatic heterocycles. The Kier molecular flexibility index (Phi) is 5.93. The van der Waals surface area contributed by atoms with Crippen molar-refractivity contribution in [1.82, 2.24) is 24.9 Å². The lowest BCUT2D eigenvalue weighted by Crippen LogP contribution is -2.52. The van der Waals surface area contributed by atoms with Crippen LogP contribution in [0.15, 0.2) is 65.9 Å². The first-order valence-corrected chi connectivity index (χ1v) is 10.9. The molecule has 2 aromatic carbocycles. The molecule has 8 nitrogen and oxygen atoms in total. The van der Waals surface area contributed by atoms with Crippen LogP contribution < -0.4 is 14.8 Å². The molecule has 2 aliphatic heterocycles. The van der Waals surface area contributed by atoms with E-state index < -0.39 is 0 Å². The molecule has 3 aromatic rings. The van der Waals surface area contributed by atoms with Crippen LogP contribution in [-0.4, -0.2) is 65.6 Å². The fraction of sp³-hybridized carbons (Fsp3) is 0.333. The highest BCUT2D eigenvalue weighted by molar-refractivity contribution is 5.80. The summed E-state index contributed by atoms with van der Waals surface area (Å²) in [5.74, 6) is 2.64. The zero-order valence-corrected chi connectivity index (χ0v) is 18.3. The second-order valence-corrected chi connectivity index (χ2v) is 7.97. The van der Waals surface area contributed by atoms with Crippen molar-refractivity contribution in [1.29, 1.82) is 0 Å². The van der Waals surface area contributed by atoms with Crippen LogP contribution in [0.5, 0.6) is 11.5 Å². The van der Waals surface area contributed by atoms with Crippen molar-refractivity contribution in [2.75, 3.05) is 40.0 Å². The number of rotatable bonds is 5. The van der Waals surface area contributed by atoms with E-state index in [1.165, 1.54) is 11.1 Å². The summed E-state index contributed by atoms with van der Waals surface area (Å²) >= 11 is 0. The predicted octanol–water partition coefficient (Wildman–Crippen LogP) is 2.49. The van der Waals surface area contributed by atoms with Gasteiger partial charge in [0, 0.05) is 58.7 Å². The molecule has 0 atom stereocenters. The predicted molar refractivity (Wildman–Crippen MR) is 123 cm³/mol. The maximum absolute atomic E-state index is 5.50. The van der Waals surface area contributed by atoms with Gasteiger partial charge in [-0.1, -0.05) is 18.2 Å². The van der Waals surface area contributed by atoms with Gasteiger partial charge >= 0.3 is 0 Å². The molecule has 0 spiro atoms. The van der Waals surface area contributed by atoms with E-state index in [0.717, 1.165) is 62.4 Å². The first-order valence-electron chi connectivity index (χ1n) is 10.9. The highest BCUT2D eigenvalue weighted by atomic mass is 16.7. The van der Waals surface area contributed by atoms with E-state index in [-0.39, 0.29) is 0 Å². The average Bonchev–Trinajstić information content (AvgIpc) is 3.53. The number of nitrogens with zero attached hydrogens (tertiary/aromatic N) is 5. The summed E-state index contributed by atoms with van der Waals surface area (Å²) in [5.41, 5.74) is 3.52. The van der Waals surface area contributed by atoms with Gasteiger partial charge in [-0.25, -0.2) is 4.68 Å². The summed E-state index contributed by atoms with van der Waals surface area (Å²) in [6.45, 7) is 5.85. The van der Waals surface area contributed by atoms with Crippen LogP contribution in [0.2, 0.25) is 0 Å². The summed E-state index contributed by atoms with van der Waals surface area (Å²) in [4.78, 5) is 9.30. The summed E-state index contributed by atoms with van der Waals surface area (Å²) < 4.78 is 12.8. The molecule has 0 aliphatic carbocycles. The van der Waals surface area contributed by atoms with Crippen molar-refractivity contribution < 1.29 is 9.47 Å². The molecule has 0 saturated carbocycles. The fourth-order valence-corrected chi connectivity index (χ4v) is 4.12. The molecule has 3 heterocycles. The van der Waals surface area contributed by atoms with Crippen LogP contribution in [0.1, 0.15) is 11.1 Å². The number of aliphatic imine (C=N–C) groups is 1. The zero-order valence-electron chi connectivity index (χ0n) is 18.3. The largest absolute Gasteiger partial charge is 0.454 e. The highest BCUT2D eigenvalue weighted by Gasteiger charge is 2.21. The summed E-state index contributed by atoms with van der Waals surface area (Å²) in [7, 11) is 1.85. The fourth-order valence-electron chi connectivity index (χ4n) is 4.12. The van der Waals surface area contributed by atoms with Crippen LogP contribution in [0.4, 0.5) is 0 Å². The van der Waals surface area contributed by atoms with Gasteiger partial charge in [-0.3, -0.25) is 9.89 Å². The maximum Gasteiger partial charge on any atom is 0.231 e. The van der Waals surface area contributed by atoms with Crippen LogP contribution in [-0.2, 0) is 13.1 Å². The zero-order chi connectivity index (χ0) is 21.8. The monoisotopic (exact) mass is 432 g/mol. The number of benzene rings is 2. The van der Waals surface area contributed by atoms with E-state index in [1.54, 1.807) is 6.20 Å². The molecule has 2 aliphatic rings. The van der Waals surface area contributed by atoms with Crippen molar-refractivity contribution in [2.45, 2.75) is 13.1 Å². The van der Waals surface area contributed by atoms with Crippen molar-refractivity contribution in [3.63, 3.8) is 0 Å². The highest BCUT2D eigenvalue weighted by Crippen LogP contribution is 2.32. The Hall–Kier alpha value is -3.52. The molecule has 0 bridgehead atoms. The third-order valence-corrected chi connectivity index (χ3v) is 5.88. The number of hydrogen-bond acceptors (Lipinski definition) is 5. The van der Waals surface area contributed by atoms with Gasteiger partial charge in [0.15, 0.2) is 17.5 Å². The molecule has 1 saturated heterocycles. The average molecular weight is 433 g/mol. The molecule has 0 radical (unpaired) electrons. The minimum atomic E-state index is 0.318. The Bertz CT molecular complexity index is 1060. The first-order chi connectivity index (χ1) is 15.8. The second kappa shape index (κ2) is 9.32. The summed E-state index contributed by atoms with van der Waals surface area (Å²) in [5, 5.41) is 7.78. The molecule has 166 valence electrons. The lowest BCUT2D eigenvalue weighted by atomic mass is 10.1. The lowest BCUT2D eigenvalue weighted by Gasteiger charge is -2.36. The normalized spacial score (nSPS) is 16.4. The standard InChI is InChI=1S/C24H28N6O2/c1-25-24(26-16-19-3-6-21(7-4-19)30-10-2-9-27-30)29-13-11-28(12-14-29)17-20-5-8-22-23(15-20)32-18-31-22/h2-10,15H,11-14,16-18H2,1H3,(H,25,26). The van der Waals surface area contributed by atoms with E-state index in [0.29, 0.717) is 6.79 Å². The SMILES string of the molecule is CN=C(NCc1ccc(-n2cccn2)cc1)N1CCN(Cc2ccc3c(c2)OCO3)CC1. The third-order valence-electron chi connectivity index (χ3n) is 5.88. The van der Waals surface area contributed by atoms with Gasteiger partial charge in [0.05, 0.1) is 5.69 Å². The number of piperazine rings is 1. The molecule has 5 rings (SSSR count). The molecule has 32 heavy (non-hydrogen) atoms. The Morgan fingerprint density at radius 1 is 1.00 bits per heavy atom. The number of ether oxygens (including phenoxy) is 2. The van der Waals surface area contributed by atoms with Crippen LogP contribution in [0, 0.1) is 0 Å². The van der Waals surface area contributed by atoms with Crippen LogP contribution >= 0.6 is 0 Å². The van der Waals surface area contributed by atoms with Gasteiger partial charge in [0.2, 0.25) is 6.79 Å². The maximum atomic E-state index is 5.50. The van der Waals surface area contributed by atoms with Crippen molar-refractivity contribution in [2.24, 2.45) is 4.99 Å². The van der Waals surface area contributed by atoms with Gasteiger partial charge in [-0.05, 0) is 41.5 Å². The van der Waals surface area contributed by atoms with Gasteiger partial charge in [0.1, 0.15) is 0 Å². The van der Waals surface area contributed by atoms with Gasteiger partial charge in [0.25, 0.3) is 0 Å². The number of nitrogens with one attached hydrogen (secondary N) is 1. The van der Waals surface area contributed by atoms with Gasteiger partial charge in [-0.2, -0.15) is 5.10 Å². The lowest BCUT2D eigenvalue weighted by molar-refractivity contribution is 0.171. The van der Waals surface area contributed by atoms with E-state index in [4.69, 9.17) is 9.47 Å². The number of fused-ring (bicyclic) bond motifs is 1. The first kappa shape index (κ1) is 20.4.